The number of nitrogens with one attached hydrogen (secondary N) is 2. The van der Waals surface area contributed by atoms with Crippen LogP contribution in [-0.2, 0) is 14.3 Å². The van der Waals surface area contributed by atoms with E-state index in [4.69, 9.17) is 16.3 Å². The normalized spacial score (nSPS) is 13.0. The molecule has 1 heterocycles. The Kier molecular flexibility index (Phi) is 7.68. The number of carbonyl (C=O) groups excluding carboxylic acids is 5. The summed E-state index contributed by atoms with van der Waals surface area (Å²) in [6.45, 7) is 3.28. The van der Waals surface area contributed by atoms with Gasteiger partial charge in [0.2, 0.25) is 0 Å². The van der Waals surface area contributed by atoms with Crippen LogP contribution in [0.15, 0.2) is 83.5 Å². The number of nitrogens with zero attached hydrogens (tertiary/aromatic N) is 1. The van der Waals surface area contributed by atoms with Crippen LogP contribution in [0, 0.1) is 0 Å². The molecule has 1 aliphatic heterocycles. The Hall–Kier alpha value is -4.76. The van der Waals surface area contributed by atoms with E-state index in [-0.39, 0.29) is 39.9 Å². The minimum absolute atomic E-state index is 0.130. The molecule has 0 bridgehead atoms. The van der Waals surface area contributed by atoms with E-state index in [1.807, 2.05) is 0 Å². The van der Waals surface area contributed by atoms with Crippen LogP contribution in [-0.4, -0.2) is 36.1 Å². The second kappa shape index (κ2) is 11.1. The molecule has 38 heavy (non-hydrogen) atoms. The van der Waals surface area contributed by atoms with Crippen molar-refractivity contribution in [1.29, 1.82) is 0 Å². The molecule has 10 heteroatoms. The van der Waals surface area contributed by atoms with Gasteiger partial charge in [0.1, 0.15) is 10.7 Å². The highest BCUT2D eigenvalue weighted by Gasteiger charge is 2.39. The summed E-state index contributed by atoms with van der Waals surface area (Å²) in [5.74, 6) is -2.65. The monoisotopic (exact) mass is 531 g/mol. The molecule has 4 rings (SSSR count). The first-order valence-corrected chi connectivity index (χ1v) is 11.9. The molecular weight excluding hydrogens is 510 g/mol. The number of hydrogen-bond donors (Lipinski definition) is 2. The third-order valence-corrected chi connectivity index (χ3v) is 5.91. The zero-order valence-electron chi connectivity index (χ0n) is 20.4. The number of ketones is 1. The molecule has 0 aliphatic carbocycles. The van der Waals surface area contributed by atoms with Crippen molar-refractivity contribution >= 4 is 58.1 Å². The van der Waals surface area contributed by atoms with Crippen LogP contribution in [0.25, 0.3) is 0 Å². The summed E-state index contributed by atoms with van der Waals surface area (Å²) >= 11 is 6.23. The van der Waals surface area contributed by atoms with Crippen molar-refractivity contribution in [2.45, 2.75) is 13.8 Å². The predicted molar refractivity (Wildman–Crippen MR) is 142 cm³/mol. The van der Waals surface area contributed by atoms with Crippen molar-refractivity contribution in [3.05, 3.63) is 100 Å². The van der Waals surface area contributed by atoms with Gasteiger partial charge in [-0.15, -0.1) is 0 Å². The van der Waals surface area contributed by atoms with E-state index in [0.29, 0.717) is 16.9 Å². The van der Waals surface area contributed by atoms with Gasteiger partial charge < -0.3 is 15.4 Å². The quantitative estimate of drug-likeness (QED) is 0.244. The Morgan fingerprint density at radius 2 is 1.47 bits per heavy atom. The smallest absolute Gasteiger partial charge is 0.338 e. The van der Waals surface area contributed by atoms with E-state index in [2.05, 4.69) is 10.6 Å². The number of carbonyl (C=O) groups is 5. The van der Waals surface area contributed by atoms with E-state index in [1.54, 1.807) is 49.4 Å². The molecule has 0 saturated carbocycles. The number of esters is 1. The number of Topliss-reactive ketones (excluding diaryl/α,β-unsaturated/α-hetero) is 1. The van der Waals surface area contributed by atoms with Gasteiger partial charge in [0.15, 0.2) is 5.78 Å². The first kappa shape index (κ1) is 26.3. The molecule has 3 aromatic rings. The van der Waals surface area contributed by atoms with E-state index < -0.39 is 23.7 Å². The molecule has 192 valence electrons. The fraction of sp³-hybridized carbons (Fsp3) is 0.107. The third-order valence-electron chi connectivity index (χ3n) is 5.56. The second-order valence-corrected chi connectivity index (χ2v) is 8.58. The molecule has 0 radical (unpaired) electrons. The zero-order valence-corrected chi connectivity index (χ0v) is 21.2. The molecule has 2 N–H and O–H groups in total. The summed E-state index contributed by atoms with van der Waals surface area (Å²) < 4.78 is 4.98. The number of hydrogen-bond acceptors (Lipinski definition) is 7. The average Bonchev–Trinajstić information content (AvgIpc) is 3.12. The van der Waals surface area contributed by atoms with Crippen LogP contribution in [0.3, 0.4) is 0 Å². The van der Waals surface area contributed by atoms with Gasteiger partial charge in [-0.05, 0) is 62.4 Å². The van der Waals surface area contributed by atoms with Gasteiger partial charge in [-0.1, -0.05) is 35.9 Å². The maximum Gasteiger partial charge on any atom is 0.338 e. The molecular formula is C28H22ClN3O6. The van der Waals surface area contributed by atoms with Crippen molar-refractivity contribution in [2.24, 2.45) is 0 Å². The van der Waals surface area contributed by atoms with Gasteiger partial charge in [-0.25, -0.2) is 9.69 Å². The van der Waals surface area contributed by atoms with Crippen molar-refractivity contribution < 1.29 is 28.7 Å². The molecule has 9 nitrogen and oxygen atoms in total. The zero-order chi connectivity index (χ0) is 27.4. The van der Waals surface area contributed by atoms with Crippen molar-refractivity contribution in [3.63, 3.8) is 0 Å². The Balaban J connectivity index is 1.53. The van der Waals surface area contributed by atoms with Gasteiger partial charge in [0.05, 0.1) is 17.9 Å². The number of anilines is 3. The lowest BCUT2D eigenvalue weighted by molar-refractivity contribution is -0.120. The van der Waals surface area contributed by atoms with E-state index in [1.165, 1.54) is 37.3 Å². The first-order valence-electron chi connectivity index (χ1n) is 11.5. The molecule has 3 aromatic carbocycles. The van der Waals surface area contributed by atoms with Crippen molar-refractivity contribution in [3.8, 4) is 0 Å². The topological polar surface area (TPSA) is 122 Å². The van der Waals surface area contributed by atoms with Crippen LogP contribution in [0.1, 0.15) is 44.9 Å². The fourth-order valence-corrected chi connectivity index (χ4v) is 3.95. The summed E-state index contributed by atoms with van der Waals surface area (Å²) in [5.41, 5.74) is 1.66. The Bertz CT molecular complexity index is 1510. The van der Waals surface area contributed by atoms with Gasteiger partial charge in [-0.2, -0.15) is 0 Å². The first-order chi connectivity index (χ1) is 18.2. The second-order valence-electron chi connectivity index (χ2n) is 8.20. The highest BCUT2D eigenvalue weighted by atomic mass is 35.5. The Morgan fingerprint density at radius 1 is 0.842 bits per heavy atom. The Labute approximate surface area is 223 Å². The van der Waals surface area contributed by atoms with Crippen molar-refractivity contribution in [1.82, 2.24) is 0 Å². The van der Waals surface area contributed by atoms with Crippen LogP contribution < -0.4 is 15.5 Å². The third kappa shape index (κ3) is 5.47. The fourth-order valence-electron chi connectivity index (χ4n) is 3.73. The number of ether oxygens (including phenoxy) is 1. The summed E-state index contributed by atoms with van der Waals surface area (Å²) in [4.78, 5) is 63.4. The van der Waals surface area contributed by atoms with Crippen LogP contribution in [0.5, 0.6) is 0 Å². The van der Waals surface area contributed by atoms with Crippen LogP contribution in [0.4, 0.5) is 17.1 Å². The number of amides is 3. The van der Waals surface area contributed by atoms with Crippen LogP contribution >= 0.6 is 11.6 Å². The number of halogens is 1. The molecule has 0 aromatic heterocycles. The SMILES string of the molecule is CCOC(=O)c1cccc(N2C(=O)C(Cl)=C(Nc3cccc(C(=O)Nc4cccc(C(C)=O)c4)c3)C2=O)c1. The standard InChI is InChI=1S/C28H22ClN3O6/c1-3-38-28(37)19-9-6-12-22(15-19)32-26(35)23(29)24(27(32)36)30-20-10-5-8-18(14-20)25(34)31-21-11-4-7-17(13-21)16(2)33/h4-15,30H,3H2,1-2H3,(H,31,34). The van der Waals surface area contributed by atoms with E-state index >= 15 is 0 Å². The molecule has 0 spiro atoms. The van der Waals surface area contributed by atoms with Gasteiger partial charge in [0.25, 0.3) is 17.7 Å². The lowest BCUT2D eigenvalue weighted by Gasteiger charge is -2.16. The number of imide groups is 1. The Morgan fingerprint density at radius 3 is 2.18 bits per heavy atom. The number of benzene rings is 3. The van der Waals surface area contributed by atoms with E-state index in [0.717, 1.165) is 4.90 Å². The highest BCUT2D eigenvalue weighted by molar-refractivity contribution is 6.53. The maximum absolute atomic E-state index is 13.2. The largest absolute Gasteiger partial charge is 0.462 e. The summed E-state index contributed by atoms with van der Waals surface area (Å²) in [6, 6.07) is 18.7. The van der Waals surface area contributed by atoms with Gasteiger partial charge in [-0.3, -0.25) is 19.2 Å². The summed E-state index contributed by atoms with van der Waals surface area (Å²) in [7, 11) is 0. The van der Waals surface area contributed by atoms with E-state index in [9.17, 15) is 24.0 Å². The summed E-state index contributed by atoms with van der Waals surface area (Å²) in [6.07, 6.45) is 0. The van der Waals surface area contributed by atoms with Crippen molar-refractivity contribution in [2.75, 3.05) is 22.1 Å². The highest BCUT2D eigenvalue weighted by Crippen LogP contribution is 2.31. The van der Waals surface area contributed by atoms with Gasteiger partial charge in [0, 0.05) is 22.5 Å². The molecule has 0 saturated heterocycles. The summed E-state index contributed by atoms with van der Waals surface area (Å²) in [5, 5.41) is 5.22. The minimum Gasteiger partial charge on any atom is -0.462 e. The molecule has 0 unspecified atom stereocenters. The lowest BCUT2D eigenvalue weighted by Crippen LogP contribution is -2.32. The van der Waals surface area contributed by atoms with Gasteiger partial charge >= 0.3 is 5.97 Å². The number of rotatable bonds is 8. The molecule has 0 atom stereocenters. The molecule has 1 aliphatic rings. The average molecular weight is 532 g/mol. The maximum atomic E-state index is 13.2. The predicted octanol–water partition coefficient (Wildman–Crippen LogP) is 4.75. The molecule has 0 fully saturated rings. The lowest BCUT2D eigenvalue weighted by atomic mass is 10.1. The van der Waals surface area contributed by atoms with Crippen LogP contribution in [0.2, 0.25) is 0 Å². The minimum atomic E-state index is -0.764. The molecule has 3 amide bonds.